The molecular formula is C28H42BN. The molecule has 1 fully saturated rings. The van der Waals surface area contributed by atoms with Gasteiger partial charge in [0.1, 0.15) is 0 Å². The van der Waals surface area contributed by atoms with Crippen molar-refractivity contribution in [2.24, 2.45) is 5.92 Å². The lowest BCUT2D eigenvalue weighted by atomic mass is 9.40. The predicted octanol–water partition coefficient (Wildman–Crippen LogP) is 8.20. The predicted molar refractivity (Wildman–Crippen MR) is 133 cm³/mol. The third-order valence-electron chi connectivity index (χ3n) is 8.25. The van der Waals surface area contributed by atoms with Crippen molar-refractivity contribution in [3.05, 3.63) is 53.6 Å². The van der Waals surface area contributed by atoms with Crippen molar-refractivity contribution >= 4 is 12.3 Å². The molecule has 2 heteroatoms. The van der Waals surface area contributed by atoms with Crippen LogP contribution in [0.5, 0.6) is 0 Å². The lowest BCUT2D eigenvalue weighted by Gasteiger charge is -2.46. The van der Waals surface area contributed by atoms with E-state index >= 15 is 0 Å². The van der Waals surface area contributed by atoms with Crippen LogP contribution < -0.4 is 0 Å². The summed E-state index contributed by atoms with van der Waals surface area (Å²) in [7, 11) is 0. The monoisotopic (exact) mass is 403 g/mol. The van der Waals surface area contributed by atoms with E-state index in [9.17, 15) is 0 Å². The maximum absolute atomic E-state index is 4.05. The molecule has 0 radical (unpaired) electrons. The molecule has 162 valence electrons. The largest absolute Gasteiger partial charge is 0.329 e. The standard InChI is InChI=1S/C28H42BN/c1-6-8-9-10-13-22-16-17-24(18-22)29-27-19-23(12-7-2)26-15-11-14-25(28(26)27)21(5)30(29)20(3)4/h7,11,14-15,19-24H,2,6,8-10,12-13,16-18H2,1,3-5H3. The molecule has 0 saturated heterocycles. The Bertz CT molecular complexity index is 779. The highest BCUT2D eigenvalue weighted by atomic mass is 15.1. The van der Waals surface area contributed by atoms with Crippen LogP contribution in [-0.2, 0) is 0 Å². The second kappa shape index (κ2) is 9.47. The molecule has 1 aliphatic heterocycles. The molecular weight excluding hydrogens is 361 g/mol. The van der Waals surface area contributed by atoms with Crippen LogP contribution in [0.15, 0.2) is 36.9 Å². The molecule has 30 heavy (non-hydrogen) atoms. The number of hydrogen-bond donors (Lipinski definition) is 0. The molecule has 2 aliphatic carbocycles. The van der Waals surface area contributed by atoms with E-state index in [0.29, 0.717) is 24.8 Å². The Morgan fingerprint density at radius 3 is 2.70 bits per heavy atom. The fourth-order valence-corrected chi connectivity index (χ4v) is 6.94. The van der Waals surface area contributed by atoms with Gasteiger partial charge in [-0.15, -0.1) is 6.58 Å². The molecule has 1 heterocycles. The number of allylic oxidation sites excluding steroid dienone is 2. The minimum atomic E-state index is 0.508. The van der Waals surface area contributed by atoms with Gasteiger partial charge in [-0.1, -0.05) is 108 Å². The molecule has 0 amide bonds. The molecule has 4 atom stereocenters. The normalized spacial score (nSPS) is 28.2. The molecule has 0 spiro atoms. The van der Waals surface area contributed by atoms with Crippen LogP contribution in [0, 0.1) is 5.92 Å². The van der Waals surface area contributed by atoms with Crippen molar-refractivity contribution in [1.29, 1.82) is 0 Å². The first-order valence-electron chi connectivity index (χ1n) is 12.8. The van der Waals surface area contributed by atoms with Crippen molar-refractivity contribution in [2.75, 3.05) is 0 Å². The first kappa shape index (κ1) is 21.9. The average Bonchev–Trinajstić information content (AvgIpc) is 3.34. The SMILES string of the molecule is C=CCC1C=C2B(C3CCC(CCCCCC)C3)N(C(C)C)C(C)c3cccc1c32. The first-order chi connectivity index (χ1) is 14.6. The maximum Gasteiger partial charge on any atom is 0.261 e. The van der Waals surface area contributed by atoms with Gasteiger partial charge in [-0.3, -0.25) is 0 Å². The summed E-state index contributed by atoms with van der Waals surface area (Å²) in [5, 5.41) is 0. The fourth-order valence-electron chi connectivity index (χ4n) is 6.94. The van der Waals surface area contributed by atoms with Gasteiger partial charge in [0.05, 0.1) is 0 Å². The highest BCUT2D eigenvalue weighted by molar-refractivity contribution is 6.79. The van der Waals surface area contributed by atoms with Crippen LogP contribution in [0.25, 0.3) is 5.47 Å². The molecule has 0 bridgehead atoms. The lowest BCUT2D eigenvalue weighted by Crippen LogP contribution is -2.51. The Kier molecular flexibility index (Phi) is 6.93. The van der Waals surface area contributed by atoms with E-state index in [1.807, 2.05) is 0 Å². The topological polar surface area (TPSA) is 3.24 Å². The van der Waals surface area contributed by atoms with Crippen molar-refractivity contribution in [2.45, 2.75) is 109 Å². The van der Waals surface area contributed by atoms with E-state index in [1.54, 1.807) is 22.2 Å². The molecule has 0 aromatic heterocycles. The zero-order chi connectivity index (χ0) is 21.3. The van der Waals surface area contributed by atoms with Crippen molar-refractivity contribution in [3.63, 3.8) is 0 Å². The van der Waals surface area contributed by atoms with Crippen LogP contribution >= 0.6 is 0 Å². The van der Waals surface area contributed by atoms with Gasteiger partial charge in [-0.2, -0.15) is 0 Å². The highest BCUT2D eigenvalue weighted by Gasteiger charge is 2.48. The summed E-state index contributed by atoms with van der Waals surface area (Å²) < 4.78 is 0. The third-order valence-corrected chi connectivity index (χ3v) is 8.25. The summed E-state index contributed by atoms with van der Waals surface area (Å²) in [5.41, 5.74) is 6.40. The molecule has 4 unspecified atom stereocenters. The minimum Gasteiger partial charge on any atom is -0.329 e. The van der Waals surface area contributed by atoms with E-state index in [0.717, 1.165) is 18.2 Å². The molecule has 1 aromatic rings. The van der Waals surface area contributed by atoms with Crippen LogP contribution in [-0.4, -0.2) is 17.7 Å². The smallest absolute Gasteiger partial charge is 0.261 e. The average molecular weight is 403 g/mol. The van der Waals surface area contributed by atoms with Gasteiger partial charge in [0.2, 0.25) is 0 Å². The van der Waals surface area contributed by atoms with Gasteiger partial charge in [-0.25, -0.2) is 0 Å². The number of unbranched alkanes of at least 4 members (excludes halogenated alkanes) is 3. The number of rotatable bonds is 9. The molecule has 0 N–H and O–H groups in total. The molecule has 4 rings (SSSR count). The van der Waals surface area contributed by atoms with Gasteiger partial charge in [0.15, 0.2) is 0 Å². The second-order valence-corrected chi connectivity index (χ2v) is 10.5. The fraction of sp³-hybridized carbons (Fsp3) is 0.643. The van der Waals surface area contributed by atoms with E-state index in [-0.39, 0.29) is 0 Å². The number of benzene rings is 1. The van der Waals surface area contributed by atoms with Crippen molar-refractivity contribution in [1.82, 2.24) is 4.81 Å². The Morgan fingerprint density at radius 1 is 1.17 bits per heavy atom. The van der Waals surface area contributed by atoms with E-state index in [4.69, 9.17) is 0 Å². The van der Waals surface area contributed by atoms with Crippen LogP contribution in [0.2, 0.25) is 5.82 Å². The van der Waals surface area contributed by atoms with Crippen LogP contribution in [0.1, 0.15) is 114 Å². The van der Waals surface area contributed by atoms with Crippen LogP contribution in [0.4, 0.5) is 0 Å². The van der Waals surface area contributed by atoms with Crippen molar-refractivity contribution < 1.29 is 0 Å². The highest BCUT2D eigenvalue weighted by Crippen LogP contribution is 2.54. The second-order valence-electron chi connectivity index (χ2n) is 10.5. The Balaban J connectivity index is 1.62. The summed E-state index contributed by atoms with van der Waals surface area (Å²) in [6, 6.07) is 8.15. The van der Waals surface area contributed by atoms with E-state index < -0.39 is 0 Å². The van der Waals surface area contributed by atoms with E-state index in [1.165, 1.54) is 51.4 Å². The summed E-state index contributed by atoms with van der Waals surface area (Å²) in [6.45, 7) is 14.2. The summed E-state index contributed by atoms with van der Waals surface area (Å²) in [4.78, 5) is 2.86. The zero-order valence-corrected chi connectivity index (χ0v) is 19.9. The first-order valence-corrected chi connectivity index (χ1v) is 12.8. The van der Waals surface area contributed by atoms with Gasteiger partial charge in [0.25, 0.3) is 6.85 Å². The van der Waals surface area contributed by atoms with Crippen LogP contribution in [0.3, 0.4) is 0 Å². The summed E-state index contributed by atoms with van der Waals surface area (Å²) in [5.74, 6) is 2.31. The van der Waals surface area contributed by atoms with Gasteiger partial charge < -0.3 is 4.81 Å². The lowest BCUT2D eigenvalue weighted by molar-refractivity contribution is 0.285. The molecule has 1 aromatic carbocycles. The van der Waals surface area contributed by atoms with Gasteiger partial charge >= 0.3 is 0 Å². The van der Waals surface area contributed by atoms with Gasteiger partial charge in [-0.05, 0) is 47.8 Å². The molecule has 1 saturated carbocycles. The molecule has 3 aliphatic rings. The third kappa shape index (κ3) is 3.97. The summed E-state index contributed by atoms with van der Waals surface area (Å²) in [6.07, 6.45) is 17.2. The molecule has 1 nitrogen and oxygen atoms in total. The Hall–Kier alpha value is -1.28. The maximum atomic E-state index is 4.05. The number of hydrogen-bond acceptors (Lipinski definition) is 1. The quantitative estimate of drug-likeness (QED) is 0.228. The van der Waals surface area contributed by atoms with E-state index in [2.05, 4.69) is 69.4 Å². The number of nitrogens with zero attached hydrogens (tertiary/aromatic N) is 1. The minimum absolute atomic E-state index is 0.508. The summed E-state index contributed by atoms with van der Waals surface area (Å²) >= 11 is 0. The Morgan fingerprint density at radius 2 is 1.97 bits per heavy atom. The zero-order valence-electron chi connectivity index (χ0n) is 19.9. The van der Waals surface area contributed by atoms with Gasteiger partial charge in [0, 0.05) is 12.0 Å². The van der Waals surface area contributed by atoms with Crippen molar-refractivity contribution in [3.8, 4) is 0 Å². The Labute approximate surface area is 186 Å².